The summed E-state index contributed by atoms with van der Waals surface area (Å²) in [5.74, 6) is 0.960. The number of pyridine rings is 1. The van der Waals surface area contributed by atoms with E-state index in [9.17, 15) is 4.79 Å². The molecule has 1 amide bonds. The van der Waals surface area contributed by atoms with Crippen molar-refractivity contribution in [3.05, 3.63) is 48.1 Å². The minimum atomic E-state index is -0.606. The fourth-order valence-electron chi connectivity index (χ4n) is 2.22. The molecule has 2 aliphatic heterocycles. The van der Waals surface area contributed by atoms with Crippen LogP contribution in [0.15, 0.2) is 58.1 Å². The van der Waals surface area contributed by atoms with Crippen molar-refractivity contribution in [3.8, 4) is 0 Å². The van der Waals surface area contributed by atoms with E-state index in [1.165, 1.54) is 4.90 Å². The van der Waals surface area contributed by atoms with Gasteiger partial charge >= 0.3 is 6.09 Å². The number of hydrogen-bond acceptors (Lipinski definition) is 5. The molecule has 0 bridgehead atoms. The van der Waals surface area contributed by atoms with Gasteiger partial charge in [-0.05, 0) is 39.0 Å². The molecule has 0 spiro atoms. The maximum absolute atomic E-state index is 12.7. The van der Waals surface area contributed by atoms with E-state index in [1.54, 1.807) is 30.7 Å². The molecule has 0 radical (unpaired) electrons. The first-order valence-corrected chi connectivity index (χ1v) is 7.40. The van der Waals surface area contributed by atoms with Crippen LogP contribution >= 0.6 is 0 Å². The standard InChI is InChI=1S/C17H18N4O2/c1-17(2,3)23-16(22)21(14-6-4-5-8-19-14)15-10-12-11-18-9-7-13(12)20-15/h4-6,8-11H,7H2,1-3H3. The zero-order chi connectivity index (χ0) is 16.4. The molecule has 6 nitrogen and oxygen atoms in total. The van der Waals surface area contributed by atoms with Crippen LogP contribution in [0.2, 0.25) is 0 Å². The Labute approximate surface area is 134 Å². The Kier molecular flexibility index (Phi) is 3.82. The largest absolute Gasteiger partial charge is 0.443 e. The average Bonchev–Trinajstić information content (AvgIpc) is 2.90. The van der Waals surface area contributed by atoms with Gasteiger partial charge in [-0.15, -0.1) is 0 Å². The summed E-state index contributed by atoms with van der Waals surface area (Å²) >= 11 is 0. The molecule has 3 heterocycles. The summed E-state index contributed by atoms with van der Waals surface area (Å²) in [5, 5.41) is 0. The Morgan fingerprint density at radius 3 is 2.78 bits per heavy atom. The fourth-order valence-corrected chi connectivity index (χ4v) is 2.22. The normalized spacial score (nSPS) is 16.2. The summed E-state index contributed by atoms with van der Waals surface area (Å²) in [5.41, 5.74) is 1.19. The molecule has 0 aliphatic carbocycles. The quantitative estimate of drug-likeness (QED) is 0.840. The van der Waals surface area contributed by atoms with Crippen molar-refractivity contribution in [3.63, 3.8) is 0 Å². The molecule has 1 aromatic rings. The molecule has 3 rings (SSSR count). The lowest BCUT2D eigenvalue weighted by atomic mass is 10.1. The number of nitrogens with zero attached hydrogens (tertiary/aromatic N) is 4. The highest BCUT2D eigenvalue weighted by atomic mass is 16.6. The summed E-state index contributed by atoms with van der Waals surface area (Å²) in [4.78, 5) is 27.0. The van der Waals surface area contributed by atoms with Crippen LogP contribution in [0.3, 0.4) is 0 Å². The van der Waals surface area contributed by atoms with Gasteiger partial charge < -0.3 is 4.74 Å². The van der Waals surface area contributed by atoms with Gasteiger partial charge in [-0.3, -0.25) is 4.99 Å². The van der Waals surface area contributed by atoms with Crippen LogP contribution in [-0.4, -0.2) is 28.6 Å². The Hall–Kier alpha value is -2.76. The fraction of sp³-hybridized carbons (Fsp3) is 0.294. The van der Waals surface area contributed by atoms with Crippen molar-refractivity contribution >= 4 is 23.8 Å². The van der Waals surface area contributed by atoms with E-state index in [4.69, 9.17) is 4.74 Å². The number of aliphatic imine (C=N–C) groups is 2. The Morgan fingerprint density at radius 2 is 2.13 bits per heavy atom. The van der Waals surface area contributed by atoms with E-state index in [0.29, 0.717) is 18.1 Å². The van der Waals surface area contributed by atoms with Gasteiger partial charge in [-0.2, -0.15) is 0 Å². The maximum Gasteiger partial charge on any atom is 0.421 e. The lowest BCUT2D eigenvalue weighted by molar-refractivity contribution is 0.0591. The molecule has 1 aromatic heterocycles. The molecular weight excluding hydrogens is 292 g/mol. The minimum Gasteiger partial charge on any atom is -0.443 e. The Bertz CT molecular complexity index is 740. The first kappa shape index (κ1) is 15.1. The van der Waals surface area contributed by atoms with Gasteiger partial charge in [0.1, 0.15) is 17.2 Å². The van der Waals surface area contributed by atoms with Gasteiger partial charge in [0.05, 0.1) is 5.71 Å². The van der Waals surface area contributed by atoms with E-state index < -0.39 is 11.7 Å². The van der Waals surface area contributed by atoms with E-state index in [2.05, 4.69) is 15.0 Å². The topological polar surface area (TPSA) is 67.2 Å². The van der Waals surface area contributed by atoms with E-state index in [-0.39, 0.29) is 0 Å². The monoisotopic (exact) mass is 310 g/mol. The smallest absolute Gasteiger partial charge is 0.421 e. The van der Waals surface area contributed by atoms with E-state index in [0.717, 1.165) is 11.3 Å². The van der Waals surface area contributed by atoms with Crippen LogP contribution in [0, 0.1) is 0 Å². The molecule has 0 unspecified atom stereocenters. The summed E-state index contributed by atoms with van der Waals surface area (Å²) < 4.78 is 5.51. The highest BCUT2D eigenvalue weighted by Gasteiger charge is 2.30. The zero-order valence-electron chi connectivity index (χ0n) is 13.4. The predicted octanol–water partition coefficient (Wildman–Crippen LogP) is 3.48. The van der Waals surface area contributed by atoms with Gasteiger partial charge in [0.15, 0.2) is 0 Å². The highest BCUT2D eigenvalue weighted by Crippen LogP contribution is 2.28. The van der Waals surface area contributed by atoms with Gasteiger partial charge in [0.2, 0.25) is 0 Å². The average molecular weight is 310 g/mol. The first-order valence-electron chi connectivity index (χ1n) is 7.40. The Balaban J connectivity index is 1.97. The minimum absolute atomic E-state index is 0.470. The number of fused-ring (bicyclic) bond motifs is 1. The SMILES string of the molecule is CC(C)(C)OC(=O)N(C1=CC2=CN=CCC2=N1)c1ccccn1. The molecule has 118 valence electrons. The number of carbonyl (C=O) groups excluding carboxylic acids is 1. The second-order valence-corrected chi connectivity index (χ2v) is 6.18. The molecule has 6 heteroatoms. The number of ether oxygens (including phenoxy) is 1. The lowest BCUT2D eigenvalue weighted by Gasteiger charge is -2.26. The lowest BCUT2D eigenvalue weighted by Crippen LogP contribution is -2.36. The van der Waals surface area contributed by atoms with Crippen molar-refractivity contribution in [2.75, 3.05) is 4.90 Å². The number of amides is 1. The van der Waals surface area contributed by atoms with Crippen molar-refractivity contribution in [1.82, 2.24) is 4.98 Å². The van der Waals surface area contributed by atoms with Crippen LogP contribution in [0.5, 0.6) is 0 Å². The summed E-state index contributed by atoms with van der Waals surface area (Å²) in [6.07, 6.45) is 7.12. The van der Waals surface area contributed by atoms with Gasteiger partial charge in [-0.25, -0.2) is 19.7 Å². The molecule has 0 saturated carbocycles. The van der Waals surface area contributed by atoms with Gasteiger partial charge in [0, 0.05) is 30.6 Å². The van der Waals surface area contributed by atoms with Crippen molar-refractivity contribution in [1.29, 1.82) is 0 Å². The first-order chi connectivity index (χ1) is 10.9. The van der Waals surface area contributed by atoms with E-state index in [1.807, 2.05) is 32.9 Å². The van der Waals surface area contributed by atoms with Crippen molar-refractivity contribution in [2.24, 2.45) is 9.98 Å². The molecule has 2 aliphatic rings. The third kappa shape index (κ3) is 3.36. The number of allylic oxidation sites excluding steroid dienone is 2. The Morgan fingerprint density at radius 1 is 1.30 bits per heavy atom. The second kappa shape index (κ2) is 5.79. The number of hydrogen-bond donors (Lipinski definition) is 0. The van der Waals surface area contributed by atoms with Crippen LogP contribution in [0.4, 0.5) is 10.6 Å². The van der Waals surface area contributed by atoms with Gasteiger partial charge in [-0.1, -0.05) is 6.07 Å². The molecule has 0 atom stereocenters. The zero-order valence-corrected chi connectivity index (χ0v) is 13.4. The van der Waals surface area contributed by atoms with E-state index >= 15 is 0 Å². The number of carbonyl (C=O) groups is 1. The molecule has 0 fully saturated rings. The molecule has 0 N–H and O–H groups in total. The molecular formula is C17H18N4O2. The van der Waals surface area contributed by atoms with Crippen molar-refractivity contribution in [2.45, 2.75) is 32.8 Å². The van der Waals surface area contributed by atoms with Crippen LogP contribution in [0.25, 0.3) is 0 Å². The second-order valence-electron chi connectivity index (χ2n) is 6.18. The predicted molar refractivity (Wildman–Crippen MR) is 89.7 cm³/mol. The molecule has 0 aromatic carbocycles. The van der Waals surface area contributed by atoms with Crippen molar-refractivity contribution < 1.29 is 9.53 Å². The van der Waals surface area contributed by atoms with Crippen LogP contribution in [0.1, 0.15) is 27.2 Å². The molecule has 23 heavy (non-hydrogen) atoms. The summed E-state index contributed by atoms with van der Waals surface area (Å²) in [6.45, 7) is 5.48. The highest BCUT2D eigenvalue weighted by molar-refractivity contribution is 6.13. The van der Waals surface area contributed by atoms with Gasteiger partial charge in [0.25, 0.3) is 0 Å². The maximum atomic E-state index is 12.7. The molecule has 0 saturated heterocycles. The third-order valence-corrected chi connectivity index (χ3v) is 3.15. The number of anilines is 1. The number of aromatic nitrogens is 1. The summed E-state index contributed by atoms with van der Waals surface area (Å²) in [6, 6.07) is 5.36. The number of rotatable bonds is 2. The van der Waals surface area contributed by atoms with Crippen LogP contribution in [-0.2, 0) is 4.74 Å². The third-order valence-electron chi connectivity index (χ3n) is 3.15. The summed E-state index contributed by atoms with van der Waals surface area (Å²) in [7, 11) is 0. The van der Waals surface area contributed by atoms with Crippen LogP contribution < -0.4 is 4.90 Å².